The van der Waals surface area contributed by atoms with Crippen LogP contribution >= 0.6 is 0 Å². The molecule has 0 aliphatic carbocycles. The summed E-state index contributed by atoms with van der Waals surface area (Å²) in [7, 11) is 0. The van der Waals surface area contributed by atoms with Crippen LogP contribution in [0.5, 0.6) is 0 Å². The van der Waals surface area contributed by atoms with Crippen molar-refractivity contribution >= 4 is 0 Å². The normalized spacial score (nSPS) is 10.7. The van der Waals surface area contributed by atoms with Crippen molar-refractivity contribution in [2.45, 2.75) is 103 Å². The number of unbranched alkanes of at least 4 members (excludes halogenated alkanes) is 13. The molecule has 0 aliphatic heterocycles. The van der Waals surface area contributed by atoms with Crippen molar-refractivity contribution in [2.24, 2.45) is 0 Å². The van der Waals surface area contributed by atoms with Crippen molar-refractivity contribution in [1.29, 1.82) is 0 Å². The molecule has 0 bridgehead atoms. The summed E-state index contributed by atoms with van der Waals surface area (Å²) in [6.07, 6.45) is 21.1. The Balaban J connectivity index is 0.00000625. The molecule has 1 aromatic rings. The fourth-order valence-electron chi connectivity index (χ4n) is 3.38. The lowest BCUT2D eigenvalue weighted by Crippen LogP contribution is -2.05. The SMILES string of the molecule is CCCCCCCCCCCCCCCC[OH+]CCc1ccccc1.[OH-]. The van der Waals surface area contributed by atoms with Crippen LogP contribution in [0.2, 0.25) is 0 Å². The topological polar surface area (TPSA) is 42.8 Å². The molecular formula is C24H44O2. The van der Waals surface area contributed by atoms with E-state index >= 15 is 0 Å². The van der Waals surface area contributed by atoms with E-state index in [9.17, 15) is 0 Å². The first-order chi connectivity index (χ1) is 12.4. The second kappa shape index (κ2) is 20.5. The molecule has 26 heavy (non-hydrogen) atoms. The standard InChI is InChI=1S/C24H42O.H2O/c1-2-3-4-5-6-7-8-9-10-11-12-13-14-18-22-25-23-21-24-19-16-15-17-20-24;/h15-17,19-20H,2-14,18,21-23H2,1H3;1H2. The van der Waals surface area contributed by atoms with E-state index in [4.69, 9.17) is 0 Å². The Labute approximate surface area is 163 Å². The molecule has 0 radical (unpaired) electrons. The van der Waals surface area contributed by atoms with Crippen molar-refractivity contribution in [1.82, 2.24) is 0 Å². The molecule has 0 atom stereocenters. The fraction of sp³-hybridized carbons (Fsp3) is 0.750. The molecule has 0 aliphatic rings. The minimum Gasteiger partial charge on any atom is -0.870 e. The average molecular weight is 365 g/mol. The van der Waals surface area contributed by atoms with Crippen LogP contribution in [0.25, 0.3) is 0 Å². The predicted octanol–water partition coefficient (Wildman–Crippen LogP) is 7.06. The monoisotopic (exact) mass is 364 g/mol. The van der Waals surface area contributed by atoms with Crippen LogP contribution in [0.3, 0.4) is 0 Å². The second-order valence-electron chi connectivity index (χ2n) is 7.50. The van der Waals surface area contributed by atoms with E-state index in [0.717, 1.165) is 19.6 Å². The molecule has 2 nitrogen and oxygen atoms in total. The van der Waals surface area contributed by atoms with Gasteiger partial charge in [0, 0.05) is 12.8 Å². The fourth-order valence-corrected chi connectivity index (χ4v) is 3.38. The molecule has 0 saturated carbocycles. The van der Waals surface area contributed by atoms with Gasteiger partial charge in [-0.1, -0.05) is 114 Å². The van der Waals surface area contributed by atoms with E-state index < -0.39 is 0 Å². The first-order valence-electron chi connectivity index (χ1n) is 11.1. The van der Waals surface area contributed by atoms with Gasteiger partial charge in [-0.3, -0.25) is 0 Å². The largest absolute Gasteiger partial charge is 0.870 e. The molecule has 1 rings (SSSR count). The molecule has 0 heterocycles. The molecule has 0 spiro atoms. The van der Waals surface area contributed by atoms with Crippen LogP contribution < -0.4 is 0 Å². The second-order valence-corrected chi connectivity index (χ2v) is 7.50. The van der Waals surface area contributed by atoms with Gasteiger partial charge in [0.2, 0.25) is 0 Å². The Bertz CT molecular complexity index is 364. The zero-order valence-electron chi connectivity index (χ0n) is 17.3. The number of aliphatic hydroxyl groups is 2. The Morgan fingerprint density at radius 1 is 0.577 bits per heavy atom. The molecule has 0 fully saturated rings. The number of ether oxygens (including phenoxy) is 1. The molecule has 0 amide bonds. The lowest BCUT2D eigenvalue weighted by molar-refractivity contribution is -0.0374. The van der Waals surface area contributed by atoms with E-state index in [1.165, 1.54) is 95.5 Å². The summed E-state index contributed by atoms with van der Waals surface area (Å²) in [5.41, 5.74) is 1.41. The number of hydrogen-bond acceptors (Lipinski definition) is 1. The van der Waals surface area contributed by atoms with E-state index in [1.54, 1.807) is 0 Å². The summed E-state index contributed by atoms with van der Waals surface area (Å²) in [4.78, 5) is 0. The molecule has 0 aromatic heterocycles. The van der Waals surface area contributed by atoms with Crippen molar-refractivity contribution in [3.05, 3.63) is 35.9 Å². The number of hydrogen-bond donors (Lipinski definition) is 0. The zero-order chi connectivity index (χ0) is 17.8. The third kappa shape index (κ3) is 16.6. The van der Waals surface area contributed by atoms with Crippen LogP contribution in [-0.4, -0.2) is 23.4 Å². The highest BCUT2D eigenvalue weighted by Gasteiger charge is 1.97. The Morgan fingerprint density at radius 2 is 1.04 bits per heavy atom. The molecular weight excluding hydrogens is 320 g/mol. The van der Waals surface area contributed by atoms with Gasteiger partial charge in [0.15, 0.2) is 0 Å². The molecule has 2 heteroatoms. The molecule has 2 N–H and O–H groups in total. The third-order valence-electron chi connectivity index (χ3n) is 5.07. The van der Waals surface area contributed by atoms with Crippen molar-refractivity contribution in [2.75, 3.05) is 13.2 Å². The maximum absolute atomic E-state index is 4.66. The van der Waals surface area contributed by atoms with Crippen LogP contribution in [0.4, 0.5) is 0 Å². The summed E-state index contributed by atoms with van der Waals surface area (Å²) in [6.45, 7) is 4.34. The summed E-state index contributed by atoms with van der Waals surface area (Å²) in [5.74, 6) is 0. The summed E-state index contributed by atoms with van der Waals surface area (Å²) < 4.78 is 4.66. The Kier molecular flexibility index (Phi) is 19.8. The Morgan fingerprint density at radius 3 is 1.54 bits per heavy atom. The molecule has 152 valence electrons. The highest BCUT2D eigenvalue weighted by Crippen LogP contribution is 2.12. The van der Waals surface area contributed by atoms with Crippen LogP contribution in [0.15, 0.2) is 30.3 Å². The molecule has 0 unspecified atom stereocenters. The average Bonchev–Trinajstić information content (AvgIpc) is 2.65. The first-order valence-corrected chi connectivity index (χ1v) is 11.1. The molecule has 1 aromatic carbocycles. The highest BCUT2D eigenvalue weighted by atomic mass is 16.5. The maximum atomic E-state index is 4.66. The van der Waals surface area contributed by atoms with Gasteiger partial charge in [0.05, 0.1) is 0 Å². The maximum Gasteiger partial charge on any atom is 0.148 e. The first kappa shape index (κ1) is 25.1. The van der Waals surface area contributed by atoms with E-state index in [0.29, 0.717) is 0 Å². The lowest BCUT2D eigenvalue weighted by Gasteiger charge is -2.03. The van der Waals surface area contributed by atoms with Gasteiger partial charge in [-0.15, -0.1) is 0 Å². The minimum absolute atomic E-state index is 0. The summed E-state index contributed by atoms with van der Waals surface area (Å²) in [5, 5.41) is 0. The van der Waals surface area contributed by atoms with Gasteiger partial charge in [-0.2, -0.15) is 0 Å². The van der Waals surface area contributed by atoms with Crippen molar-refractivity contribution < 1.29 is 10.2 Å². The third-order valence-corrected chi connectivity index (χ3v) is 5.07. The van der Waals surface area contributed by atoms with Gasteiger partial charge in [-0.05, 0) is 12.0 Å². The van der Waals surface area contributed by atoms with Crippen LogP contribution in [-0.2, 0) is 6.42 Å². The number of rotatable bonds is 18. The van der Waals surface area contributed by atoms with Crippen molar-refractivity contribution in [3.8, 4) is 0 Å². The van der Waals surface area contributed by atoms with Gasteiger partial charge < -0.3 is 10.2 Å². The smallest absolute Gasteiger partial charge is 0.148 e. The molecule has 0 saturated heterocycles. The minimum atomic E-state index is 0. The van der Waals surface area contributed by atoms with Gasteiger partial charge in [0.25, 0.3) is 0 Å². The lowest BCUT2D eigenvalue weighted by atomic mass is 10.0. The van der Waals surface area contributed by atoms with Crippen molar-refractivity contribution in [3.63, 3.8) is 0 Å². The van der Waals surface area contributed by atoms with Crippen LogP contribution in [0, 0.1) is 0 Å². The summed E-state index contributed by atoms with van der Waals surface area (Å²) in [6, 6.07) is 10.7. The zero-order valence-corrected chi connectivity index (χ0v) is 17.3. The highest BCUT2D eigenvalue weighted by molar-refractivity contribution is 5.14. The number of benzene rings is 1. The van der Waals surface area contributed by atoms with E-state index in [-0.39, 0.29) is 5.48 Å². The van der Waals surface area contributed by atoms with Gasteiger partial charge in [-0.25, -0.2) is 0 Å². The van der Waals surface area contributed by atoms with Crippen LogP contribution in [0.1, 0.15) is 102 Å². The predicted molar refractivity (Wildman–Crippen MR) is 114 cm³/mol. The Hall–Kier alpha value is -0.860. The van der Waals surface area contributed by atoms with E-state index in [1.807, 2.05) is 0 Å². The van der Waals surface area contributed by atoms with Gasteiger partial charge in [0.1, 0.15) is 13.2 Å². The quantitative estimate of drug-likeness (QED) is 0.203. The van der Waals surface area contributed by atoms with Gasteiger partial charge >= 0.3 is 0 Å². The van der Waals surface area contributed by atoms with E-state index in [2.05, 4.69) is 42.0 Å². The summed E-state index contributed by atoms with van der Waals surface area (Å²) >= 11 is 0.